The zero-order valence-corrected chi connectivity index (χ0v) is 8.83. The molecule has 0 spiro atoms. The molecular weight excluding hydrogens is 174 g/mol. The Bertz CT molecular complexity index is 392. The van der Waals surface area contributed by atoms with Gasteiger partial charge in [0.25, 0.3) is 0 Å². The van der Waals surface area contributed by atoms with Crippen LogP contribution >= 0.6 is 0 Å². The molecule has 2 heteroatoms. The van der Waals surface area contributed by atoms with Crippen molar-refractivity contribution in [3.8, 4) is 0 Å². The van der Waals surface area contributed by atoms with Crippen molar-refractivity contribution in [3.05, 3.63) is 40.5 Å². The molecule has 1 N–H and O–H groups in total. The van der Waals surface area contributed by atoms with Crippen LogP contribution in [-0.2, 0) is 0 Å². The van der Waals surface area contributed by atoms with Gasteiger partial charge in [-0.05, 0) is 43.0 Å². The number of aryl methyl sites for hydroxylation is 1. The summed E-state index contributed by atoms with van der Waals surface area (Å²) in [5, 5.41) is 11.7. The lowest BCUT2D eigenvalue weighted by Gasteiger charge is -2.11. The van der Waals surface area contributed by atoms with E-state index in [0.717, 1.165) is 22.3 Å². The van der Waals surface area contributed by atoms with E-state index in [0.29, 0.717) is 0 Å². The molecule has 1 aromatic rings. The molecule has 1 aromatic carbocycles. The van der Waals surface area contributed by atoms with Crippen molar-refractivity contribution in [1.82, 2.24) is 0 Å². The van der Waals surface area contributed by atoms with E-state index >= 15 is 0 Å². The second-order valence-electron chi connectivity index (χ2n) is 3.40. The SMILES string of the molecule is C=Cc1cc(C)c(C)c(/C=N/O)c1C. The summed E-state index contributed by atoms with van der Waals surface area (Å²) in [6.45, 7) is 9.82. The first-order valence-corrected chi connectivity index (χ1v) is 4.52. The van der Waals surface area contributed by atoms with Crippen LogP contribution in [-0.4, -0.2) is 11.4 Å². The number of hydrogen-bond donors (Lipinski definition) is 1. The fourth-order valence-corrected chi connectivity index (χ4v) is 1.56. The summed E-state index contributed by atoms with van der Waals surface area (Å²) in [5.41, 5.74) is 5.48. The Balaban J connectivity index is 3.52. The quantitative estimate of drug-likeness (QED) is 0.433. The van der Waals surface area contributed by atoms with Gasteiger partial charge < -0.3 is 5.21 Å². The van der Waals surface area contributed by atoms with Gasteiger partial charge in [0.1, 0.15) is 0 Å². The molecule has 1 rings (SSSR count). The Labute approximate surface area is 84.6 Å². The summed E-state index contributed by atoms with van der Waals surface area (Å²) in [6, 6.07) is 2.09. The lowest BCUT2D eigenvalue weighted by molar-refractivity contribution is 0.322. The molecule has 2 nitrogen and oxygen atoms in total. The van der Waals surface area contributed by atoms with Crippen LogP contribution in [0.25, 0.3) is 6.08 Å². The summed E-state index contributed by atoms with van der Waals surface area (Å²) in [4.78, 5) is 0. The number of oxime groups is 1. The minimum atomic E-state index is 0.974. The van der Waals surface area contributed by atoms with Gasteiger partial charge in [0.2, 0.25) is 0 Å². The maximum atomic E-state index is 8.57. The van der Waals surface area contributed by atoms with E-state index in [2.05, 4.69) is 17.8 Å². The Hall–Kier alpha value is -1.57. The third-order valence-corrected chi connectivity index (χ3v) is 2.61. The van der Waals surface area contributed by atoms with Crippen molar-refractivity contribution >= 4 is 12.3 Å². The van der Waals surface area contributed by atoms with Gasteiger partial charge in [0.05, 0.1) is 6.21 Å². The van der Waals surface area contributed by atoms with E-state index in [-0.39, 0.29) is 0 Å². The van der Waals surface area contributed by atoms with Gasteiger partial charge >= 0.3 is 0 Å². The molecule has 0 bridgehead atoms. The van der Waals surface area contributed by atoms with E-state index < -0.39 is 0 Å². The molecule has 0 heterocycles. The Kier molecular flexibility index (Phi) is 3.07. The minimum absolute atomic E-state index is 0.974. The largest absolute Gasteiger partial charge is 0.411 e. The zero-order valence-electron chi connectivity index (χ0n) is 8.83. The van der Waals surface area contributed by atoms with Crippen LogP contribution in [0.2, 0.25) is 0 Å². The van der Waals surface area contributed by atoms with Crippen LogP contribution in [0.15, 0.2) is 17.8 Å². The Morgan fingerprint density at radius 3 is 2.43 bits per heavy atom. The first-order chi connectivity index (χ1) is 6.61. The second-order valence-corrected chi connectivity index (χ2v) is 3.40. The van der Waals surface area contributed by atoms with E-state index in [1.807, 2.05) is 26.8 Å². The topological polar surface area (TPSA) is 32.6 Å². The van der Waals surface area contributed by atoms with Crippen LogP contribution in [0, 0.1) is 20.8 Å². The molecule has 0 aliphatic carbocycles. The van der Waals surface area contributed by atoms with E-state index in [4.69, 9.17) is 5.21 Å². The molecule has 0 fully saturated rings. The Morgan fingerprint density at radius 1 is 1.29 bits per heavy atom. The van der Waals surface area contributed by atoms with Gasteiger partial charge in [-0.15, -0.1) is 0 Å². The summed E-state index contributed by atoms with van der Waals surface area (Å²) >= 11 is 0. The normalized spacial score (nSPS) is 10.8. The molecule has 74 valence electrons. The van der Waals surface area contributed by atoms with Gasteiger partial charge in [-0.3, -0.25) is 0 Å². The van der Waals surface area contributed by atoms with Gasteiger partial charge in [0.15, 0.2) is 0 Å². The monoisotopic (exact) mass is 189 g/mol. The average molecular weight is 189 g/mol. The van der Waals surface area contributed by atoms with Crippen molar-refractivity contribution in [1.29, 1.82) is 0 Å². The minimum Gasteiger partial charge on any atom is -0.411 e. The molecule has 0 radical (unpaired) electrons. The van der Waals surface area contributed by atoms with Gasteiger partial charge in [-0.2, -0.15) is 0 Å². The molecule has 0 aromatic heterocycles. The van der Waals surface area contributed by atoms with Gasteiger partial charge in [0, 0.05) is 5.56 Å². The third kappa shape index (κ3) is 1.69. The third-order valence-electron chi connectivity index (χ3n) is 2.61. The molecular formula is C12H15NO. The highest BCUT2D eigenvalue weighted by molar-refractivity contribution is 5.85. The fourth-order valence-electron chi connectivity index (χ4n) is 1.56. The Morgan fingerprint density at radius 2 is 1.93 bits per heavy atom. The second kappa shape index (κ2) is 4.09. The summed E-state index contributed by atoms with van der Waals surface area (Å²) in [5.74, 6) is 0. The van der Waals surface area contributed by atoms with Crippen LogP contribution in [0.5, 0.6) is 0 Å². The van der Waals surface area contributed by atoms with Gasteiger partial charge in [-0.1, -0.05) is 23.9 Å². The summed E-state index contributed by atoms with van der Waals surface area (Å²) < 4.78 is 0. The first kappa shape index (κ1) is 10.5. The van der Waals surface area contributed by atoms with E-state index in [1.165, 1.54) is 11.8 Å². The highest BCUT2D eigenvalue weighted by Gasteiger charge is 2.06. The van der Waals surface area contributed by atoms with E-state index in [1.54, 1.807) is 0 Å². The molecule has 0 aliphatic rings. The molecule has 0 saturated heterocycles. The van der Waals surface area contributed by atoms with Crippen molar-refractivity contribution in [3.63, 3.8) is 0 Å². The van der Waals surface area contributed by atoms with Crippen molar-refractivity contribution < 1.29 is 5.21 Å². The highest BCUT2D eigenvalue weighted by atomic mass is 16.4. The maximum Gasteiger partial charge on any atom is 0.0739 e. The molecule has 14 heavy (non-hydrogen) atoms. The summed E-state index contributed by atoms with van der Waals surface area (Å²) in [7, 11) is 0. The van der Waals surface area contributed by atoms with E-state index in [9.17, 15) is 0 Å². The predicted octanol–water partition coefficient (Wildman–Crippen LogP) is 3.06. The molecule has 0 amide bonds. The average Bonchev–Trinajstić information content (AvgIpc) is 2.18. The molecule has 0 atom stereocenters. The molecule has 0 unspecified atom stereocenters. The fraction of sp³-hybridized carbons (Fsp3) is 0.250. The first-order valence-electron chi connectivity index (χ1n) is 4.52. The van der Waals surface area contributed by atoms with Crippen LogP contribution in [0.4, 0.5) is 0 Å². The van der Waals surface area contributed by atoms with Gasteiger partial charge in [-0.25, -0.2) is 0 Å². The summed E-state index contributed by atoms with van der Waals surface area (Å²) in [6.07, 6.45) is 3.29. The molecule has 0 aliphatic heterocycles. The lowest BCUT2D eigenvalue weighted by atomic mass is 9.94. The number of hydrogen-bond acceptors (Lipinski definition) is 2. The highest BCUT2D eigenvalue weighted by Crippen LogP contribution is 2.21. The number of benzene rings is 1. The predicted molar refractivity (Wildman–Crippen MR) is 60.1 cm³/mol. The number of nitrogens with zero attached hydrogens (tertiary/aromatic N) is 1. The van der Waals surface area contributed by atoms with Crippen LogP contribution in [0.1, 0.15) is 27.8 Å². The zero-order chi connectivity index (χ0) is 10.7. The molecule has 0 saturated carbocycles. The van der Waals surface area contributed by atoms with Crippen LogP contribution < -0.4 is 0 Å². The smallest absolute Gasteiger partial charge is 0.0739 e. The maximum absolute atomic E-state index is 8.57. The van der Waals surface area contributed by atoms with Crippen LogP contribution in [0.3, 0.4) is 0 Å². The van der Waals surface area contributed by atoms with Crippen molar-refractivity contribution in [2.45, 2.75) is 20.8 Å². The number of rotatable bonds is 2. The van der Waals surface area contributed by atoms with Crippen molar-refractivity contribution in [2.75, 3.05) is 0 Å². The van der Waals surface area contributed by atoms with Crippen molar-refractivity contribution in [2.24, 2.45) is 5.16 Å². The lowest BCUT2D eigenvalue weighted by Crippen LogP contribution is -1.98. The standard InChI is InChI=1S/C12H15NO/c1-5-11-6-8(2)9(3)12(7-13-14)10(11)4/h5-7,14H,1H2,2-4H3/b13-7+.